The number of benzene rings is 1. The van der Waals surface area contributed by atoms with E-state index >= 15 is 0 Å². The molecular weight excluding hydrogens is 466 g/mol. The lowest BCUT2D eigenvalue weighted by Gasteiger charge is -2.33. The molecule has 3 heterocycles. The minimum absolute atomic E-state index is 0.00736. The Morgan fingerprint density at radius 2 is 1.91 bits per heavy atom. The fourth-order valence-corrected chi connectivity index (χ4v) is 2.75. The number of aryl methyl sites for hydroxylation is 1. The molecule has 0 spiro atoms. The van der Waals surface area contributed by atoms with Crippen LogP contribution in [-0.4, -0.2) is 52.7 Å². The smallest absolute Gasteiger partial charge is 0.480 e. The zero-order valence-corrected chi connectivity index (χ0v) is 20.1. The molecule has 0 saturated carbocycles. The first-order chi connectivity index (χ1) is 16.4. The molecule has 0 radical (unpaired) electrons. The highest BCUT2D eigenvalue weighted by Crippen LogP contribution is 2.41. The fourth-order valence-electron chi connectivity index (χ4n) is 2.75. The number of hydrogen-bond acceptors (Lipinski definition) is 7. The summed E-state index contributed by atoms with van der Waals surface area (Å²) in [5, 5.41) is 10.8. The van der Waals surface area contributed by atoms with Gasteiger partial charge in [0.2, 0.25) is 12.3 Å². The Balaban J connectivity index is 0.000000274. The number of aromatic nitrogens is 1. The number of ether oxygens (including phenoxy) is 2. The van der Waals surface area contributed by atoms with Crippen LogP contribution in [0.5, 0.6) is 11.5 Å². The zero-order valence-electron chi connectivity index (χ0n) is 20.1. The normalized spacial score (nSPS) is 17.1. The van der Waals surface area contributed by atoms with Crippen molar-refractivity contribution in [3.8, 4) is 11.5 Å². The van der Waals surface area contributed by atoms with Crippen molar-refractivity contribution in [2.75, 3.05) is 12.8 Å². The van der Waals surface area contributed by atoms with Crippen molar-refractivity contribution in [1.82, 2.24) is 15.2 Å². The molecule has 10 nitrogen and oxygen atoms in total. The number of carbonyl (C=O) groups excluding carboxylic acids is 2. The number of pyridine rings is 1. The maximum atomic E-state index is 12.7. The number of carbonyl (C=O) groups is 3. The second-order valence-electron chi connectivity index (χ2n) is 7.20. The monoisotopic (exact) mass is 496 g/mol. The Labute approximate surface area is 202 Å². The number of nitrogens with one attached hydrogen (secondary N) is 1. The van der Waals surface area contributed by atoms with Crippen LogP contribution in [0.25, 0.3) is 0 Å². The SMILES string of the molecule is CC.CC(NC=O)c1ccc2c(c1)OC(F)(F)O2.CN1C(=O)CC1C(=O)O.Cc1ccnc(N)c1. The third-order valence-electron chi connectivity index (χ3n) is 4.69. The van der Waals surface area contributed by atoms with Gasteiger partial charge in [-0.1, -0.05) is 19.9 Å². The average molecular weight is 497 g/mol. The van der Waals surface area contributed by atoms with Gasteiger partial charge in [-0.2, -0.15) is 0 Å². The molecule has 0 aliphatic carbocycles. The van der Waals surface area contributed by atoms with Gasteiger partial charge in [0.1, 0.15) is 11.9 Å². The van der Waals surface area contributed by atoms with E-state index in [2.05, 4.69) is 19.8 Å². The summed E-state index contributed by atoms with van der Waals surface area (Å²) in [5.41, 5.74) is 7.16. The second kappa shape index (κ2) is 13.1. The average Bonchev–Trinajstić information content (AvgIpc) is 3.12. The van der Waals surface area contributed by atoms with Gasteiger partial charge >= 0.3 is 12.3 Å². The number of nitrogens with zero attached hydrogens (tertiary/aromatic N) is 2. The van der Waals surface area contributed by atoms with E-state index in [4.69, 9.17) is 10.8 Å². The fraction of sp³-hybridized carbons (Fsp3) is 0.391. The highest BCUT2D eigenvalue weighted by molar-refractivity contribution is 5.93. The maximum Gasteiger partial charge on any atom is 0.586 e. The number of aliphatic carboxylic acids is 1. The van der Waals surface area contributed by atoms with Gasteiger partial charge in [0.15, 0.2) is 11.5 Å². The van der Waals surface area contributed by atoms with Gasteiger partial charge in [-0.05, 0) is 49.2 Å². The molecule has 4 rings (SSSR count). The number of halogens is 2. The van der Waals surface area contributed by atoms with Crippen LogP contribution in [0.15, 0.2) is 36.5 Å². The van der Waals surface area contributed by atoms with Crippen molar-refractivity contribution >= 4 is 24.1 Å². The summed E-state index contributed by atoms with van der Waals surface area (Å²) in [6.07, 6.45) is -1.21. The lowest BCUT2D eigenvalue weighted by atomic mass is 10.0. The molecule has 2 aliphatic rings. The van der Waals surface area contributed by atoms with E-state index in [9.17, 15) is 23.2 Å². The van der Waals surface area contributed by atoms with E-state index in [0.29, 0.717) is 17.8 Å². The lowest BCUT2D eigenvalue weighted by Crippen LogP contribution is -2.54. The molecular formula is C23H30F2N4O6. The van der Waals surface area contributed by atoms with Gasteiger partial charge in [0, 0.05) is 13.2 Å². The van der Waals surface area contributed by atoms with Gasteiger partial charge in [-0.3, -0.25) is 9.59 Å². The minimum Gasteiger partial charge on any atom is -0.480 e. The van der Waals surface area contributed by atoms with Crippen molar-refractivity contribution in [2.24, 2.45) is 0 Å². The van der Waals surface area contributed by atoms with Crippen LogP contribution >= 0.6 is 0 Å². The van der Waals surface area contributed by atoms with Gasteiger partial charge in [0.25, 0.3) is 0 Å². The molecule has 12 heteroatoms. The Morgan fingerprint density at radius 1 is 1.29 bits per heavy atom. The summed E-state index contributed by atoms with van der Waals surface area (Å²) in [6, 6.07) is 7.28. The molecule has 0 bridgehead atoms. The molecule has 192 valence electrons. The van der Waals surface area contributed by atoms with E-state index < -0.39 is 18.3 Å². The number of rotatable bonds is 4. The summed E-state index contributed by atoms with van der Waals surface area (Å²) in [5.74, 6) is -0.460. The van der Waals surface area contributed by atoms with Crippen LogP contribution in [0.1, 0.15) is 44.4 Å². The molecule has 1 aromatic heterocycles. The maximum absolute atomic E-state index is 12.7. The molecule has 2 aliphatic heterocycles. The van der Waals surface area contributed by atoms with Crippen LogP contribution in [0.3, 0.4) is 0 Å². The highest BCUT2D eigenvalue weighted by Gasteiger charge is 2.43. The quantitative estimate of drug-likeness (QED) is 0.433. The van der Waals surface area contributed by atoms with Crippen LogP contribution < -0.4 is 20.5 Å². The second-order valence-corrected chi connectivity index (χ2v) is 7.20. The summed E-state index contributed by atoms with van der Waals surface area (Å²) < 4.78 is 33.9. The number of alkyl halides is 2. The van der Waals surface area contributed by atoms with Crippen LogP contribution in [0.4, 0.5) is 14.6 Å². The number of anilines is 1. The summed E-state index contributed by atoms with van der Waals surface area (Å²) in [7, 11) is 1.49. The van der Waals surface area contributed by atoms with Crippen LogP contribution in [0, 0.1) is 6.92 Å². The number of likely N-dealkylation sites (N-methyl/N-ethyl adjacent to an activating group) is 1. The number of carboxylic acid groups (broad SMARTS) is 1. The zero-order chi connectivity index (χ0) is 26.8. The molecule has 1 saturated heterocycles. The standard InChI is InChI=1S/C10H9F2NO3.C6H8N2.C5H7NO3.C2H6/c1-6(13-5-14)7-2-3-8-9(4-7)16-10(11,12)15-8;1-5-2-3-8-6(7)4-5;1-6-3(5(8)9)2-4(6)7;1-2/h2-6H,1H3,(H,13,14);2-4H,1H3,(H2,7,8);3H,2H2,1H3,(H,8,9);1-2H3. The summed E-state index contributed by atoms with van der Waals surface area (Å²) in [4.78, 5) is 35.8. The van der Waals surface area contributed by atoms with Crippen molar-refractivity contribution < 1.29 is 37.7 Å². The predicted molar refractivity (Wildman–Crippen MR) is 124 cm³/mol. The number of likely N-dealkylation sites (tertiary alicyclic amines) is 1. The third-order valence-corrected chi connectivity index (χ3v) is 4.69. The minimum atomic E-state index is -3.61. The third kappa shape index (κ3) is 8.72. The van der Waals surface area contributed by atoms with Crippen molar-refractivity contribution in [3.05, 3.63) is 47.7 Å². The van der Waals surface area contributed by atoms with Crippen molar-refractivity contribution in [3.63, 3.8) is 0 Å². The van der Waals surface area contributed by atoms with Crippen molar-refractivity contribution in [2.45, 2.75) is 52.5 Å². The molecule has 1 aromatic carbocycles. The molecule has 2 atom stereocenters. The molecule has 1 fully saturated rings. The predicted octanol–water partition coefficient (Wildman–Crippen LogP) is 3.12. The Bertz CT molecular complexity index is 1000. The van der Waals surface area contributed by atoms with Crippen LogP contribution in [0.2, 0.25) is 0 Å². The number of amides is 2. The number of β-lactam (4-membered cyclic amide) rings is 1. The molecule has 4 N–H and O–H groups in total. The van der Waals surface area contributed by atoms with E-state index in [1.807, 2.05) is 32.9 Å². The largest absolute Gasteiger partial charge is 0.586 e. The van der Waals surface area contributed by atoms with E-state index in [1.165, 1.54) is 24.1 Å². The van der Waals surface area contributed by atoms with E-state index in [1.54, 1.807) is 19.2 Å². The molecule has 35 heavy (non-hydrogen) atoms. The highest BCUT2D eigenvalue weighted by atomic mass is 19.3. The first kappa shape index (κ1) is 29.1. The Kier molecular flexibility index (Phi) is 10.8. The topological polar surface area (TPSA) is 144 Å². The lowest BCUT2D eigenvalue weighted by molar-refractivity contribution is -0.286. The van der Waals surface area contributed by atoms with Gasteiger partial charge < -0.3 is 30.5 Å². The Morgan fingerprint density at radius 3 is 2.34 bits per heavy atom. The molecule has 2 amide bonds. The number of nitrogen functional groups attached to an aromatic ring is 1. The van der Waals surface area contributed by atoms with Crippen molar-refractivity contribution in [1.29, 1.82) is 0 Å². The number of hydrogen-bond donors (Lipinski definition) is 3. The van der Waals surface area contributed by atoms with E-state index in [0.717, 1.165) is 5.56 Å². The van der Waals surface area contributed by atoms with Gasteiger partial charge in [-0.25, -0.2) is 9.78 Å². The Hall–Kier alpha value is -3.96. The van der Waals surface area contributed by atoms with Crippen LogP contribution in [-0.2, 0) is 14.4 Å². The number of nitrogens with two attached hydrogens (primary N) is 1. The number of fused-ring (bicyclic) bond motifs is 1. The first-order valence-electron chi connectivity index (χ1n) is 10.7. The summed E-state index contributed by atoms with van der Waals surface area (Å²) in [6.45, 7) is 7.71. The summed E-state index contributed by atoms with van der Waals surface area (Å²) >= 11 is 0. The number of carboxylic acids is 1. The van der Waals surface area contributed by atoms with Gasteiger partial charge in [0.05, 0.1) is 12.5 Å². The van der Waals surface area contributed by atoms with Gasteiger partial charge in [-0.15, -0.1) is 8.78 Å². The van der Waals surface area contributed by atoms with E-state index in [-0.39, 0.29) is 29.9 Å². The molecule has 2 aromatic rings. The molecule has 2 unspecified atom stereocenters. The first-order valence-corrected chi connectivity index (χ1v) is 10.7.